The highest BCUT2D eigenvalue weighted by atomic mass is 16.5. The van der Waals surface area contributed by atoms with E-state index in [0.717, 1.165) is 6.42 Å². The lowest BCUT2D eigenvalue weighted by molar-refractivity contribution is -0.137. The van der Waals surface area contributed by atoms with Crippen molar-refractivity contribution in [2.24, 2.45) is 0 Å². The van der Waals surface area contributed by atoms with Crippen molar-refractivity contribution in [3.63, 3.8) is 0 Å². The van der Waals surface area contributed by atoms with E-state index < -0.39 is 5.97 Å². The highest BCUT2D eigenvalue weighted by molar-refractivity contribution is 6.12. The molecule has 0 radical (unpaired) electrons. The van der Waals surface area contributed by atoms with Crippen LogP contribution in [0.5, 0.6) is 5.75 Å². The zero-order valence-electron chi connectivity index (χ0n) is 15.8. The van der Waals surface area contributed by atoms with Crippen molar-refractivity contribution in [3.05, 3.63) is 41.5 Å². The molecule has 0 unspecified atom stereocenters. The number of imide groups is 1. The number of phenolic OH excluding ortho intramolecular Hbond substituents is 1. The summed E-state index contributed by atoms with van der Waals surface area (Å²) in [5.41, 5.74) is 0.750. The van der Waals surface area contributed by atoms with E-state index in [1.54, 1.807) is 13.0 Å². The van der Waals surface area contributed by atoms with Crippen LogP contribution in [0.25, 0.3) is 0 Å². The molecule has 150 valence electrons. The maximum atomic E-state index is 11.9. The fourth-order valence-corrected chi connectivity index (χ4v) is 2.74. The van der Waals surface area contributed by atoms with Crippen molar-refractivity contribution >= 4 is 23.7 Å². The Kier molecular flexibility index (Phi) is 7.74. The predicted molar refractivity (Wildman–Crippen MR) is 100 cm³/mol. The lowest BCUT2D eigenvalue weighted by Crippen LogP contribution is -2.30. The number of ether oxygens (including phenoxy) is 1. The monoisotopic (exact) mass is 388 g/mol. The normalized spacial score (nSPS) is 13.1. The quantitative estimate of drug-likeness (QED) is 0.358. The van der Waals surface area contributed by atoms with E-state index in [9.17, 15) is 24.3 Å². The molecule has 0 spiro atoms. The first kappa shape index (κ1) is 21.1. The summed E-state index contributed by atoms with van der Waals surface area (Å²) in [5.74, 6) is -1.50. The highest BCUT2D eigenvalue weighted by Gasteiger charge is 2.22. The number of phenols is 1. The molecule has 2 N–H and O–H groups in total. The number of benzene rings is 1. The SMILES string of the molecule is CCOC(=O)c1ccc(CNC(=O)CCCCCN2C(=O)C=CC2=O)cc1O. The summed E-state index contributed by atoms with van der Waals surface area (Å²) in [4.78, 5) is 47.5. The van der Waals surface area contributed by atoms with E-state index >= 15 is 0 Å². The lowest BCUT2D eigenvalue weighted by Gasteiger charge is -2.13. The minimum absolute atomic E-state index is 0.0853. The Morgan fingerprint density at radius 1 is 1.11 bits per heavy atom. The van der Waals surface area contributed by atoms with Crippen LogP contribution in [-0.2, 0) is 25.7 Å². The number of esters is 1. The van der Waals surface area contributed by atoms with E-state index in [2.05, 4.69) is 5.32 Å². The number of carbonyl (C=O) groups excluding carboxylic acids is 4. The number of nitrogens with one attached hydrogen (secondary N) is 1. The molecule has 0 atom stereocenters. The molecule has 8 nitrogen and oxygen atoms in total. The Bertz CT molecular complexity index is 769. The minimum Gasteiger partial charge on any atom is -0.507 e. The molecule has 0 saturated heterocycles. The summed E-state index contributed by atoms with van der Waals surface area (Å²) >= 11 is 0. The molecule has 1 aromatic carbocycles. The number of aromatic hydroxyl groups is 1. The van der Waals surface area contributed by atoms with Gasteiger partial charge in [-0.25, -0.2) is 4.79 Å². The fourth-order valence-electron chi connectivity index (χ4n) is 2.74. The first-order valence-corrected chi connectivity index (χ1v) is 9.21. The van der Waals surface area contributed by atoms with Crippen LogP contribution >= 0.6 is 0 Å². The fraction of sp³-hybridized carbons (Fsp3) is 0.400. The smallest absolute Gasteiger partial charge is 0.341 e. The molecule has 3 amide bonds. The lowest BCUT2D eigenvalue weighted by atomic mass is 10.1. The van der Waals surface area contributed by atoms with Gasteiger partial charge in [0.15, 0.2) is 0 Å². The second-order valence-electron chi connectivity index (χ2n) is 6.32. The van der Waals surface area contributed by atoms with Gasteiger partial charge in [-0.15, -0.1) is 0 Å². The van der Waals surface area contributed by atoms with Crippen molar-refractivity contribution in [2.75, 3.05) is 13.2 Å². The highest BCUT2D eigenvalue weighted by Crippen LogP contribution is 2.20. The van der Waals surface area contributed by atoms with E-state index in [4.69, 9.17) is 4.74 Å². The maximum absolute atomic E-state index is 11.9. The van der Waals surface area contributed by atoms with Gasteiger partial charge in [-0.3, -0.25) is 19.3 Å². The number of nitrogens with zero attached hydrogens (tertiary/aromatic N) is 1. The summed E-state index contributed by atoms with van der Waals surface area (Å²) in [5, 5.41) is 12.7. The van der Waals surface area contributed by atoms with Gasteiger partial charge in [0.05, 0.1) is 6.61 Å². The van der Waals surface area contributed by atoms with Crippen molar-refractivity contribution in [2.45, 2.75) is 39.2 Å². The average molecular weight is 388 g/mol. The minimum atomic E-state index is -0.594. The molecule has 0 aromatic heterocycles. The molecule has 2 rings (SSSR count). The standard InChI is InChI=1S/C20H24N2O6/c1-2-28-20(27)15-8-7-14(12-16(15)23)13-21-17(24)6-4-3-5-11-22-18(25)9-10-19(22)26/h7-10,12,23H,2-6,11,13H2,1H3,(H,21,24). The third-order valence-corrected chi connectivity index (χ3v) is 4.23. The zero-order valence-corrected chi connectivity index (χ0v) is 15.8. The predicted octanol–water partition coefficient (Wildman–Crippen LogP) is 1.67. The molecule has 1 aliphatic heterocycles. The topological polar surface area (TPSA) is 113 Å². The number of amides is 3. The van der Waals surface area contributed by atoms with Crippen molar-refractivity contribution < 1.29 is 29.0 Å². The molecule has 28 heavy (non-hydrogen) atoms. The number of hydrogen-bond acceptors (Lipinski definition) is 6. The largest absolute Gasteiger partial charge is 0.507 e. The second-order valence-corrected chi connectivity index (χ2v) is 6.32. The third kappa shape index (κ3) is 5.94. The van der Waals surface area contributed by atoms with Crippen LogP contribution in [-0.4, -0.2) is 46.8 Å². The number of unbranched alkanes of at least 4 members (excludes halogenated alkanes) is 2. The second kappa shape index (κ2) is 10.2. The Hall–Kier alpha value is -3.16. The van der Waals surface area contributed by atoms with Gasteiger partial charge in [0, 0.05) is 31.7 Å². The molecule has 0 fully saturated rings. The summed E-state index contributed by atoms with van der Waals surface area (Å²) in [6.45, 7) is 2.50. The molecule has 0 aliphatic carbocycles. The van der Waals surface area contributed by atoms with Crippen LogP contribution in [0.15, 0.2) is 30.4 Å². The van der Waals surface area contributed by atoms with Crippen molar-refractivity contribution in [1.82, 2.24) is 10.2 Å². The van der Waals surface area contributed by atoms with Gasteiger partial charge in [-0.05, 0) is 37.5 Å². The zero-order chi connectivity index (χ0) is 20.5. The van der Waals surface area contributed by atoms with Crippen LogP contribution in [0.1, 0.15) is 48.5 Å². The molecular weight excluding hydrogens is 364 g/mol. The van der Waals surface area contributed by atoms with Gasteiger partial charge in [0.1, 0.15) is 11.3 Å². The van der Waals surface area contributed by atoms with E-state index in [1.807, 2.05) is 0 Å². The van der Waals surface area contributed by atoms with Crippen LogP contribution in [0.3, 0.4) is 0 Å². The van der Waals surface area contributed by atoms with Crippen molar-refractivity contribution in [3.8, 4) is 5.75 Å². The molecule has 0 bridgehead atoms. The first-order chi connectivity index (χ1) is 13.4. The van der Waals surface area contributed by atoms with Gasteiger partial charge in [0.2, 0.25) is 5.91 Å². The summed E-state index contributed by atoms with van der Waals surface area (Å²) in [6, 6.07) is 4.53. The Balaban J connectivity index is 1.65. The third-order valence-electron chi connectivity index (χ3n) is 4.23. The molecule has 8 heteroatoms. The number of hydrogen-bond donors (Lipinski definition) is 2. The van der Waals surface area contributed by atoms with Gasteiger partial charge in [0.25, 0.3) is 11.8 Å². The van der Waals surface area contributed by atoms with E-state index in [-0.39, 0.29) is 42.2 Å². The van der Waals surface area contributed by atoms with Gasteiger partial charge >= 0.3 is 5.97 Å². The summed E-state index contributed by atoms with van der Waals surface area (Å²) in [6.07, 6.45) is 4.85. The molecule has 1 aliphatic rings. The van der Waals surface area contributed by atoms with Crippen LogP contribution in [0.4, 0.5) is 0 Å². The van der Waals surface area contributed by atoms with Crippen LogP contribution in [0.2, 0.25) is 0 Å². The maximum Gasteiger partial charge on any atom is 0.341 e. The van der Waals surface area contributed by atoms with Gasteiger partial charge in [-0.2, -0.15) is 0 Å². The van der Waals surface area contributed by atoms with E-state index in [1.165, 1.54) is 29.2 Å². The Morgan fingerprint density at radius 3 is 2.46 bits per heavy atom. The molecule has 1 aromatic rings. The van der Waals surface area contributed by atoms with Crippen molar-refractivity contribution in [1.29, 1.82) is 0 Å². The van der Waals surface area contributed by atoms with Gasteiger partial charge in [-0.1, -0.05) is 12.5 Å². The van der Waals surface area contributed by atoms with Crippen LogP contribution in [0, 0.1) is 0 Å². The average Bonchev–Trinajstić information content (AvgIpc) is 2.98. The summed E-state index contributed by atoms with van der Waals surface area (Å²) < 4.78 is 4.84. The number of rotatable bonds is 10. The van der Waals surface area contributed by atoms with Gasteiger partial charge < -0.3 is 15.2 Å². The first-order valence-electron chi connectivity index (χ1n) is 9.21. The number of carbonyl (C=O) groups is 4. The summed E-state index contributed by atoms with van der Waals surface area (Å²) in [7, 11) is 0. The molecule has 1 heterocycles. The molecule has 0 saturated carbocycles. The molecular formula is C20H24N2O6. The Morgan fingerprint density at radius 2 is 1.82 bits per heavy atom. The van der Waals surface area contributed by atoms with E-state index in [0.29, 0.717) is 31.4 Å². The Labute approximate surface area is 163 Å². The van der Waals surface area contributed by atoms with Crippen LogP contribution < -0.4 is 5.32 Å².